The van der Waals surface area contributed by atoms with Crippen LogP contribution in [0, 0.1) is 25.1 Å². The number of pyridine rings is 1. The summed E-state index contributed by atoms with van der Waals surface area (Å²) in [6.07, 6.45) is 11.6. The molecule has 4 aromatic rings. The number of halogens is 1. The van der Waals surface area contributed by atoms with Gasteiger partial charge in [-0.2, -0.15) is 5.10 Å². The van der Waals surface area contributed by atoms with Gasteiger partial charge in [-0.05, 0) is 25.5 Å². The van der Waals surface area contributed by atoms with E-state index in [1.807, 2.05) is 19.3 Å². The summed E-state index contributed by atoms with van der Waals surface area (Å²) in [5.41, 5.74) is 3.33. The van der Waals surface area contributed by atoms with Crippen LogP contribution in [0.25, 0.3) is 16.6 Å². The van der Waals surface area contributed by atoms with E-state index in [0.717, 1.165) is 30.6 Å². The van der Waals surface area contributed by atoms with Gasteiger partial charge in [-0.3, -0.25) is 9.48 Å². The number of aryl methyl sites for hydroxylation is 2. The third-order valence-electron chi connectivity index (χ3n) is 5.92. The summed E-state index contributed by atoms with van der Waals surface area (Å²) in [4.78, 5) is 19.6. The van der Waals surface area contributed by atoms with Crippen molar-refractivity contribution in [3.05, 3.63) is 53.9 Å². The molecule has 0 bridgehead atoms. The summed E-state index contributed by atoms with van der Waals surface area (Å²) in [5.74, 6) is 1.77. The Hall–Kier alpha value is -3.90. The van der Waals surface area contributed by atoms with Gasteiger partial charge in [0, 0.05) is 61.9 Å². The monoisotopic (exact) mass is 445 g/mol. The Morgan fingerprint density at radius 3 is 3.00 bits per heavy atom. The van der Waals surface area contributed by atoms with Crippen LogP contribution in [0.1, 0.15) is 22.5 Å². The van der Waals surface area contributed by atoms with Gasteiger partial charge < -0.3 is 19.9 Å². The Morgan fingerprint density at radius 2 is 2.18 bits per heavy atom. The van der Waals surface area contributed by atoms with Crippen LogP contribution in [0.3, 0.4) is 0 Å². The molecule has 2 N–H and O–H groups in total. The third kappa shape index (κ3) is 3.90. The van der Waals surface area contributed by atoms with Gasteiger partial charge in [-0.25, -0.2) is 9.37 Å². The number of benzene rings is 1. The number of carbonyl (C=O) groups is 1. The summed E-state index contributed by atoms with van der Waals surface area (Å²) >= 11 is 0. The number of terminal acetylenes is 1. The zero-order valence-corrected chi connectivity index (χ0v) is 18.5. The number of hydrogen-bond donors (Lipinski definition) is 2. The lowest BCUT2D eigenvalue weighted by atomic mass is 10.1. The smallest absolute Gasteiger partial charge is 0.257 e. The maximum absolute atomic E-state index is 14.4. The van der Waals surface area contributed by atoms with Crippen molar-refractivity contribution in [2.24, 2.45) is 7.05 Å². The standard InChI is InChI=1S/C24H24FN7O/c1-4-8-26-16-7-9-31(12-16)21-6-5-18(22-19(21)14-30(3)29-22)24(33)28-17-10-20(25)23-27-15(2)11-32(23)13-17/h1,5-6,10-11,13-14,16,26H,7-9,12H2,2-3H3,(H,28,33)/t16-/m0/s1. The summed E-state index contributed by atoms with van der Waals surface area (Å²) in [7, 11) is 1.83. The molecular formula is C24H24FN7O. The van der Waals surface area contributed by atoms with E-state index in [1.54, 1.807) is 34.5 Å². The average Bonchev–Trinajstić information content (AvgIpc) is 3.48. The van der Waals surface area contributed by atoms with Crippen molar-refractivity contribution in [3.8, 4) is 12.3 Å². The average molecular weight is 446 g/mol. The van der Waals surface area contributed by atoms with E-state index in [0.29, 0.717) is 35.0 Å². The molecule has 0 spiro atoms. The Bertz CT molecular complexity index is 1410. The lowest BCUT2D eigenvalue weighted by Crippen LogP contribution is -2.32. The number of carbonyl (C=O) groups excluding carboxylic acids is 1. The highest BCUT2D eigenvalue weighted by atomic mass is 19.1. The molecule has 0 saturated carbocycles. The van der Waals surface area contributed by atoms with Crippen molar-refractivity contribution in [1.29, 1.82) is 0 Å². The van der Waals surface area contributed by atoms with Gasteiger partial charge in [0.2, 0.25) is 0 Å². The van der Waals surface area contributed by atoms with Gasteiger partial charge in [-0.1, -0.05) is 5.92 Å². The summed E-state index contributed by atoms with van der Waals surface area (Å²) in [5, 5.41) is 11.6. The molecule has 0 radical (unpaired) electrons. The zero-order valence-electron chi connectivity index (χ0n) is 18.5. The molecule has 1 amide bonds. The van der Waals surface area contributed by atoms with E-state index in [1.165, 1.54) is 6.07 Å². The molecule has 9 heteroatoms. The summed E-state index contributed by atoms with van der Waals surface area (Å²) in [6, 6.07) is 5.33. The van der Waals surface area contributed by atoms with Crippen molar-refractivity contribution in [2.75, 3.05) is 29.9 Å². The maximum Gasteiger partial charge on any atom is 0.257 e. The topological polar surface area (TPSA) is 79.5 Å². The SMILES string of the molecule is C#CCN[C@H]1CCN(c2ccc(C(=O)Nc3cc(F)c4nc(C)cn4c3)c3nn(C)cc23)C1. The van der Waals surface area contributed by atoms with Crippen LogP contribution in [-0.2, 0) is 7.05 Å². The number of amides is 1. The molecule has 33 heavy (non-hydrogen) atoms. The quantitative estimate of drug-likeness (QED) is 0.462. The molecule has 0 aliphatic carbocycles. The molecule has 5 rings (SSSR count). The van der Waals surface area contributed by atoms with Crippen molar-refractivity contribution < 1.29 is 9.18 Å². The summed E-state index contributed by atoms with van der Waals surface area (Å²) < 4.78 is 17.7. The molecule has 1 fully saturated rings. The van der Waals surface area contributed by atoms with Crippen molar-refractivity contribution in [3.63, 3.8) is 0 Å². The first-order valence-corrected chi connectivity index (χ1v) is 10.8. The molecule has 8 nitrogen and oxygen atoms in total. The van der Waals surface area contributed by atoms with Crippen LogP contribution in [0.2, 0.25) is 0 Å². The van der Waals surface area contributed by atoms with Gasteiger partial charge in [0.05, 0.1) is 23.5 Å². The van der Waals surface area contributed by atoms with Crippen LogP contribution in [0.15, 0.2) is 36.8 Å². The van der Waals surface area contributed by atoms with Crippen LogP contribution < -0.4 is 15.5 Å². The first-order chi connectivity index (χ1) is 15.9. The Morgan fingerprint density at radius 1 is 1.33 bits per heavy atom. The fraction of sp³-hybridized carbons (Fsp3) is 0.292. The molecular weight excluding hydrogens is 421 g/mol. The number of fused-ring (bicyclic) bond motifs is 2. The Kier molecular flexibility index (Phi) is 5.23. The highest BCUT2D eigenvalue weighted by Gasteiger charge is 2.25. The fourth-order valence-electron chi connectivity index (χ4n) is 4.46. The first-order valence-electron chi connectivity index (χ1n) is 10.8. The van der Waals surface area contributed by atoms with Gasteiger partial charge in [-0.15, -0.1) is 6.42 Å². The zero-order chi connectivity index (χ0) is 23.1. The number of anilines is 2. The third-order valence-corrected chi connectivity index (χ3v) is 5.92. The molecule has 1 atom stereocenters. The predicted molar refractivity (Wildman–Crippen MR) is 126 cm³/mol. The number of rotatable bonds is 5. The van der Waals surface area contributed by atoms with E-state index < -0.39 is 5.82 Å². The first kappa shape index (κ1) is 21.0. The van der Waals surface area contributed by atoms with Crippen molar-refractivity contribution in [2.45, 2.75) is 19.4 Å². The number of hydrogen-bond acceptors (Lipinski definition) is 5. The molecule has 3 aromatic heterocycles. The van der Waals surface area contributed by atoms with E-state index in [-0.39, 0.29) is 11.6 Å². The Labute approximate surface area is 190 Å². The molecule has 1 saturated heterocycles. The lowest BCUT2D eigenvalue weighted by molar-refractivity contribution is 0.102. The van der Waals surface area contributed by atoms with Crippen LogP contribution in [0.5, 0.6) is 0 Å². The minimum Gasteiger partial charge on any atom is -0.369 e. The molecule has 1 aliphatic heterocycles. The molecule has 0 unspecified atom stereocenters. The van der Waals surface area contributed by atoms with Crippen LogP contribution in [0.4, 0.5) is 15.8 Å². The molecule has 1 aromatic carbocycles. The largest absolute Gasteiger partial charge is 0.369 e. The van der Waals surface area contributed by atoms with E-state index in [2.05, 4.69) is 31.5 Å². The second kappa shape index (κ2) is 8.22. The number of nitrogens with one attached hydrogen (secondary N) is 2. The van der Waals surface area contributed by atoms with Crippen LogP contribution in [-0.4, -0.2) is 50.7 Å². The van der Waals surface area contributed by atoms with Gasteiger partial charge in [0.25, 0.3) is 5.91 Å². The van der Waals surface area contributed by atoms with E-state index >= 15 is 0 Å². The van der Waals surface area contributed by atoms with Gasteiger partial charge in [0.15, 0.2) is 11.5 Å². The normalized spacial score (nSPS) is 15.9. The van der Waals surface area contributed by atoms with E-state index in [9.17, 15) is 9.18 Å². The number of imidazole rings is 1. The fourth-order valence-corrected chi connectivity index (χ4v) is 4.46. The summed E-state index contributed by atoms with van der Waals surface area (Å²) in [6.45, 7) is 4.06. The predicted octanol–water partition coefficient (Wildman–Crippen LogP) is 2.72. The van der Waals surface area contributed by atoms with Crippen molar-refractivity contribution in [1.82, 2.24) is 24.5 Å². The molecule has 168 valence electrons. The highest BCUT2D eigenvalue weighted by Crippen LogP contribution is 2.31. The lowest BCUT2D eigenvalue weighted by Gasteiger charge is -2.20. The van der Waals surface area contributed by atoms with Gasteiger partial charge in [0.1, 0.15) is 5.52 Å². The second-order valence-corrected chi connectivity index (χ2v) is 8.36. The maximum atomic E-state index is 14.4. The highest BCUT2D eigenvalue weighted by molar-refractivity contribution is 6.13. The van der Waals surface area contributed by atoms with Crippen molar-refractivity contribution >= 4 is 33.8 Å². The molecule has 1 aliphatic rings. The minimum absolute atomic E-state index is 0.225. The minimum atomic E-state index is -0.499. The Balaban J connectivity index is 1.44. The van der Waals surface area contributed by atoms with Gasteiger partial charge >= 0.3 is 0 Å². The number of aromatic nitrogens is 4. The van der Waals surface area contributed by atoms with Crippen LogP contribution >= 0.6 is 0 Å². The van der Waals surface area contributed by atoms with E-state index in [4.69, 9.17) is 6.42 Å². The second-order valence-electron chi connectivity index (χ2n) is 8.36. The number of nitrogens with zero attached hydrogens (tertiary/aromatic N) is 5. The molecule has 4 heterocycles.